The first kappa shape index (κ1) is 21.1. The molecule has 158 valence electrons. The van der Waals surface area contributed by atoms with Crippen LogP contribution in [0.3, 0.4) is 0 Å². The van der Waals surface area contributed by atoms with Gasteiger partial charge in [0, 0.05) is 5.69 Å². The summed E-state index contributed by atoms with van der Waals surface area (Å²) in [4.78, 5) is 18.4. The van der Waals surface area contributed by atoms with E-state index < -0.39 is 33.7 Å². The van der Waals surface area contributed by atoms with E-state index in [9.17, 15) is 17.6 Å². The molecule has 0 N–H and O–H groups in total. The summed E-state index contributed by atoms with van der Waals surface area (Å²) in [5, 5.41) is 0.433. The van der Waals surface area contributed by atoms with Crippen LogP contribution in [0.1, 0.15) is 5.56 Å². The van der Waals surface area contributed by atoms with E-state index in [-0.39, 0.29) is 28.9 Å². The predicted octanol–water partition coefficient (Wildman–Crippen LogP) is 3.30. The lowest BCUT2D eigenvalue weighted by atomic mass is 10.1. The normalized spacial score (nSPS) is 21.9. The van der Waals surface area contributed by atoms with E-state index in [0.717, 1.165) is 5.56 Å². The number of ether oxygens (including phenoxy) is 1. The molecule has 2 heterocycles. The standard InChI is InChI=1S/C20H18ClFN2O4S2/c21-15-8-14(6-7-16(15)22)24-18-12-30(26,27)11-17(18)23-20(24)29-10-19(25)28-9-13-4-2-1-3-5-13/h1-8,17-18H,9-12H2. The van der Waals surface area contributed by atoms with E-state index >= 15 is 0 Å². The number of benzene rings is 2. The smallest absolute Gasteiger partial charge is 0.316 e. The van der Waals surface area contributed by atoms with Crippen molar-refractivity contribution < 1.29 is 22.3 Å². The van der Waals surface area contributed by atoms with Crippen LogP contribution in [-0.4, -0.2) is 48.9 Å². The lowest BCUT2D eigenvalue weighted by molar-refractivity contribution is -0.141. The molecule has 4 rings (SSSR count). The summed E-state index contributed by atoms with van der Waals surface area (Å²) >= 11 is 7.09. The van der Waals surface area contributed by atoms with Crippen molar-refractivity contribution in [2.45, 2.75) is 18.7 Å². The summed E-state index contributed by atoms with van der Waals surface area (Å²) < 4.78 is 43.0. The highest BCUT2D eigenvalue weighted by Crippen LogP contribution is 2.36. The molecule has 2 aliphatic heterocycles. The number of carbonyl (C=O) groups is 1. The molecule has 1 fully saturated rings. The van der Waals surface area contributed by atoms with Crippen molar-refractivity contribution in [3.63, 3.8) is 0 Å². The van der Waals surface area contributed by atoms with Gasteiger partial charge in [-0.1, -0.05) is 53.7 Å². The van der Waals surface area contributed by atoms with E-state index in [2.05, 4.69) is 4.99 Å². The zero-order chi connectivity index (χ0) is 21.3. The van der Waals surface area contributed by atoms with E-state index in [1.54, 1.807) is 4.90 Å². The zero-order valence-electron chi connectivity index (χ0n) is 15.7. The topological polar surface area (TPSA) is 76.0 Å². The maximum absolute atomic E-state index is 13.6. The van der Waals surface area contributed by atoms with Gasteiger partial charge in [0.05, 0.1) is 34.4 Å². The number of amidine groups is 1. The third kappa shape index (κ3) is 4.63. The Balaban J connectivity index is 1.47. The van der Waals surface area contributed by atoms with Crippen LogP contribution < -0.4 is 4.90 Å². The van der Waals surface area contributed by atoms with Gasteiger partial charge in [-0.3, -0.25) is 9.79 Å². The van der Waals surface area contributed by atoms with Gasteiger partial charge >= 0.3 is 5.97 Å². The Labute approximate surface area is 183 Å². The molecule has 0 saturated carbocycles. The van der Waals surface area contributed by atoms with Crippen molar-refractivity contribution >= 4 is 50.0 Å². The summed E-state index contributed by atoms with van der Waals surface area (Å²) in [6.07, 6.45) is 0. The second-order valence-corrected chi connectivity index (χ2v) is 10.5. The van der Waals surface area contributed by atoms with Crippen molar-refractivity contribution in [1.82, 2.24) is 0 Å². The Bertz CT molecular complexity index is 1100. The Morgan fingerprint density at radius 2 is 2.00 bits per heavy atom. The van der Waals surface area contributed by atoms with Gasteiger partial charge in [-0.2, -0.15) is 0 Å². The number of hydrogen-bond acceptors (Lipinski definition) is 7. The van der Waals surface area contributed by atoms with Gasteiger partial charge in [0.2, 0.25) is 0 Å². The monoisotopic (exact) mass is 468 g/mol. The molecule has 0 aromatic heterocycles. The van der Waals surface area contributed by atoms with E-state index in [4.69, 9.17) is 16.3 Å². The second kappa shape index (κ2) is 8.56. The van der Waals surface area contributed by atoms with Crippen LogP contribution in [0.4, 0.5) is 10.1 Å². The van der Waals surface area contributed by atoms with E-state index in [1.165, 1.54) is 30.0 Å². The fraction of sp³-hybridized carbons (Fsp3) is 0.300. The Kier molecular flexibility index (Phi) is 6.04. The zero-order valence-corrected chi connectivity index (χ0v) is 18.1. The molecule has 0 bridgehead atoms. The van der Waals surface area contributed by atoms with Crippen LogP contribution in [0.25, 0.3) is 0 Å². The summed E-state index contributed by atoms with van der Waals surface area (Å²) in [5.74, 6) is -1.06. The number of sulfone groups is 1. The maximum atomic E-state index is 13.6. The minimum atomic E-state index is -3.22. The van der Waals surface area contributed by atoms with Crippen molar-refractivity contribution in [3.8, 4) is 0 Å². The molecule has 2 aromatic carbocycles. The van der Waals surface area contributed by atoms with Crippen LogP contribution in [0.2, 0.25) is 5.02 Å². The SMILES string of the molecule is O=C(CSC1=NC2CS(=O)(=O)CC2N1c1ccc(F)c(Cl)c1)OCc1ccccc1. The maximum Gasteiger partial charge on any atom is 0.316 e. The van der Waals surface area contributed by atoms with Crippen molar-refractivity contribution in [2.24, 2.45) is 4.99 Å². The first-order valence-electron chi connectivity index (χ1n) is 9.17. The van der Waals surface area contributed by atoms with E-state index in [1.807, 2.05) is 30.3 Å². The number of nitrogens with zero attached hydrogens (tertiary/aromatic N) is 2. The van der Waals surface area contributed by atoms with Crippen LogP contribution >= 0.6 is 23.4 Å². The minimum Gasteiger partial charge on any atom is -0.460 e. The molecular weight excluding hydrogens is 451 g/mol. The average molecular weight is 469 g/mol. The highest BCUT2D eigenvalue weighted by Gasteiger charge is 2.47. The molecule has 0 amide bonds. The number of esters is 1. The number of aliphatic imine (C=N–C) groups is 1. The molecule has 30 heavy (non-hydrogen) atoms. The summed E-state index contributed by atoms with van der Waals surface area (Å²) in [5.41, 5.74) is 1.42. The molecule has 2 aromatic rings. The van der Waals surface area contributed by atoms with Gasteiger partial charge in [-0.05, 0) is 23.8 Å². The number of rotatable bonds is 5. The minimum absolute atomic E-state index is 0.0171. The molecule has 6 nitrogen and oxygen atoms in total. The van der Waals surface area contributed by atoms with Crippen LogP contribution in [0.5, 0.6) is 0 Å². The molecule has 10 heteroatoms. The lowest BCUT2D eigenvalue weighted by Gasteiger charge is -2.26. The quantitative estimate of drug-likeness (QED) is 0.627. The number of fused-ring (bicyclic) bond motifs is 1. The average Bonchev–Trinajstić information content (AvgIpc) is 3.18. The Morgan fingerprint density at radius 1 is 1.23 bits per heavy atom. The number of halogens is 2. The van der Waals surface area contributed by atoms with Gasteiger partial charge < -0.3 is 9.64 Å². The molecule has 0 spiro atoms. The third-order valence-electron chi connectivity index (χ3n) is 4.85. The summed E-state index contributed by atoms with van der Waals surface area (Å²) in [6.45, 7) is 0.174. The van der Waals surface area contributed by atoms with Gasteiger partial charge in [0.1, 0.15) is 12.4 Å². The van der Waals surface area contributed by atoms with Crippen LogP contribution in [0.15, 0.2) is 53.5 Å². The lowest BCUT2D eigenvalue weighted by Crippen LogP contribution is -2.39. The number of anilines is 1. The fourth-order valence-corrected chi connectivity index (χ4v) is 6.41. The molecular formula is C20H18ClFN2O4S2. The summed E-state index contributed by atoms with van der Waals surface area (Å²) in [6, 6.07) is 12.7. The van der Waals surface area contributed by atoms with Gasteiger partial charge in [-0.25, -0.2) is 12.8 Å². The van der Waals surface area contributed by atoms with Gasteiger partial charge in [0.15, 0.2) is 15.0 Å². The Hall–Kier alpha value is -2.10. The highest BCUT2D eigenvalue weighted by molar-refractivity contribution is 8.14. The second-order valence-electron chi connectivity index (χ2n) is 7.03. The molecule has 2 aliphatic rings. The number of thioether (sulfide) groups is 1. The first-order chi connectivity index (χ1) is 14.3. The van der Waals surface area contributed by atoms with Crippen LogP contribution in [0, 0.1) is 5.82 Å². The van der Waals surface area contributed by atoms with Crippen molar-refractivity contribution in [1.29, 1.82) is 0 Å². The first-order valence-corrected chi connectivity index (χ1v) is 12.4. The molecule has 2 atom stereocenters. The number of carbonyl (C=O) groups excluding carboxylic acids is 1. The molecule has 1 saturated heterocycles. The molecule has 0 aliphatic carbocycles. The van der Waals surface area contributed by atoms with Crippen molar-refractivity contribution in [2.75, 3.05) is 22.2 Å². The fourth-order valence-electron chi connectivity index (χ4n) is 3.47. The largest absolute Gasteiger partial charge is 0.460 e. The van der Waals surface area contributed by atoms with Gasteiger partial charge in [-0.15, -0.1) is 0 Å². The van der Waals surface area contributed by atoms with Gasteiger partial charge in [0.25, 0.3) is 0 Å². The highest BCUT2D eigenvalue weighted by atomic mass is 35.5. The van der Waals surface area contributed by atoms with Crippen LogP contribution in [-0.2, 0) is 26.0 Å². The summed E-state index contributed by atoms with van der Waals surface area (Å²) in [7, 11) is -3.22. The molecule has 0 radical (unpaired) electrons. The number of hydrogen-bond donors (Lipinski definition) is 0. The van der Waals surface area contributed by atoms with E-state index in [0.29, 0.717) is 10.9 Å². The third-order valence-corrected chi connectivity index (χ3v) is 7.78. The Morgan fingerprint density at radius 3 is 2.73 bits per heavy atom. The van der Waals surface area contributed by atoms with Crippen molar-refractivity contribution in [3.05, 3.63) is 64.9 Å². The molecule has 2 unspecified atom stereocenters. The predicted molar refractivity (Wildman–Crippen MR) is 116 cm³/mol.